The van der Waals surface area contributed by atoms with Gasteiger partial charge in [0.15, 0.2) is 5.78 Å². The molecule has 126 valence electrons. The number of hydrogen-bond donors (Lipinski definition) is 0. The summed E-state index contributed by atoms with van der Waals surface area (Å²) in [6.45, 7) is 0. The van der Waals surface area contributed by atoms with E-state index in [1.54, 1.807) is 24.4 Å². The topological polar surface area (TPSA) is 72.6 Å². The van der Waals surface area contributed by atoms with E-state index in [9.17, 15) is 14.9 Å². The summed E-state index contributed by atoms with van der Waals surface area (Å²) in [7, 11) is 0. The average Bonchev–Trinajstić information content (AvgIpc) is 2.92. The average molecular weight is 407 g/mol. The summed E-state index contributed by atoms with van der Waals surface area (Å²) in [5.41, 5.74) is 4.55. The first kappa shape index (κ1) is 16.4. The minimum absolute atomic E-state index is 0.00474. The number of rotatable bonds is 3. The molecule has 0 radical (unpaired) electrons. The monoisotopic (exact) mass is 406 g/mol. The third-order valence-electron chi connectivity index (χ3n) is 4.25. The van der Waals surface area contributed by atoms with E-state index in [4.69, 9.17) is 0 Å². The lowest BCUT2D eigenvalue weighted by molar-refractivity contribution is -0.384. The lowest BCUT2D eigenvalue weighted by Gasteiger charge is -2.04. The van der Waals surface area contributed by atoms with Crippen molar-refractivity contribution in [2.24, 2.45) is 4.99 Å². The van der Waals surface area contributed by atoms with Gasteiger partial charge in [0, 0.05) is 33.9 Å². The van der Waals surface area contributed by atoms with Gasteiger partial charge in [-0.1, -0.05) is 24.3 Å². The third kappa shape index (κ3) is 2.74. The molecule has 3 aromatic rings. The van der Waals surface area contributed by atoms with Crippen LogP contribution in [-0.2, 0) is 0 Å². The molecule has 0 N–H and O–H groups in total. The van der Waals surface area contributed by atoms with E-state index < -0.39 is 4.92 Å². The molecule has 0 fully saturated rings. The van der Waals surface area contributed by atoms with Crippen molar-refractivity contribution in [1.82, 2.24) is 0 Å². The minimum atomic E-state index is -0.443. The fraction of sp³-hybridized carbons (Fsp3) is 0. The Morgan fingerprint density at radius 2 is 1.62 bits per heavy atom. The van der Waals surface area contributed by atoms with Gasteiger partial charge in [-0.25, -0.2) is 0 Å². The number of nitro benzene ring substituents is 1. The predicted octanol–water partition coefficient (Wildman–Crippen LogP) is 5.32. The molecular weight excluding hydrogens is 396 g/mol. The number of ketones is 1. The van der Waals surface area contributed by atoms with E-state index in [1.165, 1.54) is 12.1 Å². The fourth-order valence-corrected chi connectivity index (χ4v) is 3.40. The maximum absolute atomic E-state index is 12.6. The van der Waals surface area contributed by atoms with Crippen molar-refractivity contribution >= 4 is 39.3 Å². The summed E-state index contributed by atoms with van der Waals surface area (Å²) in [6, 6.07) is 17.3. The van der Waals surface area contributed by atoms with Crippen LogP contribution < -0.4 is 0 Å². The molecule has 6 heteroatoms. The van der Waals surface area contributed by atoms with E-state index in [1.807, 2.05) is 30.3 Å². The molecule has 1 aliphatic rings. The highest BCUT2D eigenvalue weighted by Crippen LogP contribution is 2.41. The maximum Gasteiger partial charge on any atom is 0.269 e. The number of benzene rings is 3. The van der Waals surface area contributed by atoms with Gasteiger partial charge in [0.2, 0.25) is 0 Å². The summed E-state index contributed by atoms with van der Waals surface area (Å²) in [5.74, 6) is -0.00474. The van der Waals surface area contributed by atoms with Crippen molar-refractivity contribution in [3.8, 4) is 11.1 Å². The summed E-state index contributed by atoms with van der Waals surface area (Å²) in [4.78, 5) is 27.3. The Bertz CT molecular complexity index is 1090. The van der Waals surface area contributed by atoms with Crippen molar-refractivity contribution in [3.63, 3.8) is 0 Å². The molecule has 0 amide bonds. The summed E-state index contributed by atoms with van der Waals surface area (Å²) in [6.07, 6.45) is 1.61. The van der Waals surface area contributed by atoms with Crippen LogP contribution in [0.25, 0.3) is 11.1 Å². The minimum Gasteiger partial charge on any atom is -0.289 e. The molecule has 0 bridgehead atoms. The Morgan fingerprint density at radius 3 is 2.31 bits per heavy atom. The second-order valence-corrected chi connectivity index (χ2v) is 6.69. The summed E-state index contributed by atoms with van der Waals surface area (Å²) < 4.78 is 0.777. The van der Waals surface area contributed by atoms with E-state index in [2.05, 4.69) is 20.9 Å². The number of halogens is 1. The zero-order valence-electron chi connectivity index (χ0n) is 13.3. The van der Waals surface area contributed by atoms with Crippen LogP contribution in [0.3, 0.4) is 0 Å². The molecule has 0 atom stereocenters. The number of nitrogens with zero attached hydrogens (tertiary/aromatic N) is 2. The summed E-state index contributed by atoms with van der Waals surface area (Å²) in [5, 5.41) is 10.7. The number of hydrogen-bond acceptors (Lipinski definition) is 4. The third-order valence-corrected chi connectivity index (χ3v) is 4.89. The smallest absolute Gasteiger partial charge is 0.269 e. The predicted molar refractivity (Wildman–Crippen MR) is 103 cm³/mol. The molecule has 0 aromatic heterocycles. The standard InChI is InChI=1S/C20H11BrN2O3/c21-18-9-16-14-3-1-2-4-15(14)20(24)17(16)10-19(18)22-11-12-5-7-13(8-6-12)23(25)26/h1-11H. The second-order valence-electron chi connectivity index (χ2n) is 5.83. The first-order valence-corrected chi connectivity index (χ1v) is 8.60. The van der Waals surface area contributed by atoms with Crippen LogP contribution in [0.4, 0.5) is 11.4 Å². The Balaban J connectivity index is 1.69. The quantitative estimate of drug-likeness (QED) is 0.262. The number of non-ortho nitro benzene ring substituents is 1. The zero-order valence-corrected chi connectivity index (χ0v) is 14.9. The van der Waals surface area contributed by atoms with E-state index in [0.29, 0.717) is 16.8 Å². The molecular formula is C20H11BrN2O3. The molecule has 4 rings (SSSR count). The van der Waals surface area contributed by atoms with Crippen LogP contribution in [0.2, 0.25) is 0 Å². The molecule has 1 aliphatic carbocycles. The van der Waals surface area contributed by atoms with Gasteiger partial charge in [0.1, 0.15) is 0 Å². The van der Waals surface area contributed by atoms with E-state index in [-0.39, 0.29) is 11.5 Å². The van der Waals surface area contributed by atoms with Gasteiger partial charge in [-0.3, -0.25) is 19.9 Å². The van der Waals surface area contributed by atoms with Crippen molar-refractivity contribution in [3.05, 3.63) is 91.9 Å². The Labute approximate surface area is 157 Å². The van der Waals surface area contributed by atoms with Gasteiger partial charge < -0.3 is 0 Å². The molecule has 0 saturated carbocycles. The molecule has 0 aliphatic heterocycles. The normalized spacial score (nSPS) is 12.3. The first-order valence-electron chi connectivity index (χ1n) is 7.81. The molecule has 0 spiro atoms. The molecule has 0 heterocycles. The zero-order chi connectivity index (χ0) is 18.3. The first-order chi connectivity index (χ1) is 12.5. The maximum atomic E-state index is 12.6. The molecule has 5 nitrogen and oxygen atoms in total. The van der Waals surface area contributed by atoms with Crippen LogP contribution >= 0.6 is 15.9 Å². The van der Waals surface area contributed by atoms with Crippen molar-refractivity contribution < 1.29 is 9.72 Å². The number of carbonyl (C=O) groups excluding carboxylic acids is 1. The Morgan fingerprint density at radius 1 is 0.923 bits per heavy atom. The van der Waals surface area contributed by atoms with Gasteiger partial charge in [0.05, 0.1) is 10.6 Å². The van der Waals surface area contributed by atoms with Gasteiger partial charge in [-0.05, 0) is 56.9 Å². The van der Waals surface area contributed by atoms with Crippen LogP contribution in [0, 0.1) is 10.1 Å². The van der Waals surface area contributed by atoms with Gasteiger partial charge >= 0.3 is 0 Å². The Kier molecular flexibility index (Phi) is 3.97. The molecule has 0 unspecified atom stereocenters. The van der Waals surface area contributed by atoms with Crippen LogP contribution in [-0.4, -0.2) is 16.9 Å². The van der Waals surface area contributed by atoms with Gasteiger partial charge in [-0.15, -0.1) is 0 Å². The number of fused-ring (bicyclic) bond motifs is 3. The number of nitro groups is 1. The van der Waals surface area contributed by atoms with Crippen LogP contribution in [0.5, 0.6) is 0 Å². The Hall–Kier alpha value is -3.12. The highest BCUT2D eigenvalue weighted by molar-refractivity contribution is 9.10. The highest BCUT2D eigenvalue weighted by Gasteiger charge is 2.27. The summed E-state index contributed by atoms with van der Waals surface area (Å²) >= 11 is 3.51. The number of aliphatic imine (C=N–C) groups is 1. The largest absolute Gasteiger partial charge is 0.289 e. The van der Waals surface area contributed by atoms with Gasteiger partial charge in [-0.2, -0.15) is 0 Å². The molecule has 3 aromatic carbocycles. The SMILES string of the molecule is O=C1c2ccccc2-c2cc(Br)c(N=Cc3ccc([N+](=O)[O-])cc3)cc21. The lowest BCUT2D eigenvalue weighted by atomic mass is 10.1. The molecule has 26 heavy (non-hydrogen) atoms. The molecule has 0 saturated heterocycles. The van der Waals surface area contributed by atoms with Crippen LogP contribution in [0.1, 0.15) is 21.5 Å². The van der Waals surface area contributed by atoms with E-state index in [0.717, 1.165) is 21.2 Å². The highest BCUT2D eigenvalue weighted by atomic mass is 79.9. The van der Waals surface area contributed by atoms with E-state index >= 15 is 0 Å². The second kappa shape index (κ2) is 6.31. The fourth-order valence-electron chi connectivity index (χ4n) is 2.96. The van der Waals surface area contributed by atoms with Crippen molar-refractivity contribution in [2.45, 2.75) is 0 Å². The van der Waals surface area contributed by atoms with Gasteiger partial charge in [0.25, 0.3) is 5.69 Å². The van der Waals surface area contributed by atoms with Crippen LogP contribution in [0.15, 0.2) is 70.1 Å². The number of carbonyl (C=O) groups is 1. The lowest BCUT2D eigenvalue weighted by Crippen LogP contribution is -1.94. The van der Waals surface area contributed by atoms with Crippen molar-refractivity contribution in [1.29, 1.82) is 0 Å². The van der Waals surface area contributed by atoms with Crippen molar-refractivity contribution in [2.75, 3.05) is 0 Å².